The molecule has 1 saturated heterocycles. The van der Waals surface area contributed by atoms with Crippen LogP contribution < -0.4 is 10.6 Å². The summed E-state index contributed by atoms with van der Waals surface area (Å²) in [7, 11) is 1.67. The van der Waals surface area contributed by atoms with Gasteiger partial charge in [-0.2, -0.15) is 4.99 Å². The number of nitrogens with one attached hydrogen (secondary N) is 2. The molecule has 0 unspecified atom stereocenters. The van der Waals surface area contributed by atoms with Crippen LogP contribution in [0.2, 0.25) is 5.02 Å². The van der Waals surface area contributed by atoms with Crippen molar-refractivity contribution in [2.75, 3.05) is 18.9 Å². The van der Waals surface area contributed by atoms with Crippen molar-refractivity contribution in [1.82, 2.24) is 10.2 Å². The molecule has 6 nitrogen and oxygen atoms in total. The van der Waals surface area contributed by atoms with Gasteiger partial charge in [0.15, 0.2) is 0 Å². The highest BCUT2D eigenvalue weighted by Crippen LogP contribution is 2.13. The summed E-state index contributed by atoms with van der Waals surface area (Å²) in [5, 5.41) is 5.64. The molecule has 2 rings (SSSR count). The van der Waals surface area contributed by atoms with E-state index in [4.69, 9.17) is 11.6 Å². The number of halogens is 1. The average Bonchev–Trinajstić information content (AvgIpc) is 2.61. The number of urea groups is 1. The summed E-state index contributed by atoms with van der Waals surface area (Å²) in [5.74, 6) is 0.0574. The van der Waals surface area contributed by atoms with Crippen molar-refractivity contribution in [3.8, 4) is 0 Å². The molecule has 3 amide bonds. The molecule has 1 aliphatic rings. The van der Waals surface area contributed by atoms with Gasteiger partial charge in [0.05, 0.1) is 6.54 Å². The van der Waals surface area contributed by atoms with Gasteiger partial charge in [0.25, 0.3) is 0 Å². The molecule has 0 radical (unpaired) electrons. The van der Waals surface area contributed by atoms with Crippen LogP contribution in [0, 0.1) is 0 Å². The van der Waals surface area contributed by atoms with Gasteiger partial charge in [-0.05, 0) is 24.3 Å². The number of carbonyl (C=O) groups is 2. The maximum atomic E-state index is 11.6. The van der Waals surface area contributed by atoms with Gasteiger partial charge in [0.1, 0.15) is 0 Å². The third-order valence-electron chi connectivity index (χ3n) is 2.30. The minimum Gasteiger partial charge on any atom is -0.336 e. The van der Waals surface area contributed by atoms with Crippen molar-refractivity contribution in [3.05, 3.63) is 29.3 Å². The first-order valence-electron chi connectivity index (χ1n) is 5.21. The monoisotopic (exact) mass is 266 g/mol. The SMILES string of the molecule is CN1CC(=O)N/C1=N\C(=O)Nc1ccc(Cl)cc1. The zero-order chi connectivity index (χ0) is 13.1. The first-order chi connectivity index (χ1) is 8.54. The number of likely N-dealkylation sites (N-methyl/N-ethyl adjacent to an activating group) is 1. The van der Waals surface area contributed by atoms with Gasteiger partial charge in [-0.15, -0.1) is 0 Å². The van der Waals surface area contributed by atoms with Gasteiger partial charge in [-0.3, -0.25) is 10.1 Å². The van der Waals surface area contributed by atoms with Crippen molar-refractivity contribution in [1.29, 1.82) is 0 Å². The predicted octanol–water partition coefficient (Wildman–Crippen LogP) is 1.29. The number of nitrogens with zero attached hydrogens (tertiary/aromatic N) is 2. The van der Waals surface area contributed by atoms with Gasteiger partial charge in [-0.1, -0.05) is 11.6 Å². The summed E-state index contributed by atoms with van der Waals surface area (Å²) < 4.78 is 0. The van der Waals surface area contributed by atoms with Crippen molar-refractivity contribution >= 4 is 35.2 Å². The molecular weight excluding hydrogens is 256 g/mol. The number of amides is 3. The molecule has 0 aromatic heterocycles. The first-order valence-corrected chi connectivity index (χ1v) is 5.58. The van der Waals surface area contributed by atoms with Crippen molar-refractivity contribution < 1.29 is 9.59 Å². The Balaban J connectivity index is 2.02. The fourth-order valence-corrected chi connectivity index (χ4v) is 1.57. The Hall–Kier alpha value is -2.08. The Morgan fingerprint density at radius 1 is 1.44 bits per heavy atom. The van der Waals surface area contributed by atoms with Gasteiger partial charge >= 0.3 is 6.03 Å². The zero-order valence-electron chi connectivity index (χ0n) is 9.61. The van der Waals surface area contributed by atoms with E-state index in [0.717, 1.165) is 0 Å². The number of hydrogen-bond acceptors (Lipinski definition) is 2. The number of anilines is 1. The Bertz CT molecular complexity index is 512. The van der Waals surface area contributed by atoms with Crippen LogP contribution >= 0.6 is 11.6 Å². The van der Waals surface area contributed by atoms with E-state index in [1.54, 1.807) is 36.2 Å². The van der Waals surface area contributed by atoms with Gasteiger partial charge in [0.2, 0.25) is 11.9 Å². The molecule has 1 heterocycles. The predicted molar refractivity (Wildman–Crippen MR) is 68.7 cm³/mol. The second-order valence-electron chi connectivity index (χ2n) is 3.78. The van der Waals surface area contributed by atoms with Crippen molar-refractivity contribution in [2.24, 2.45) is 4.99 Å². The first kappa shape index (κ1) is 12.4. The molecule has 7 heteroatoms. The zero-order valence-corrected chi connectivity index (χ0v) is 10.4. The second kappa shape index (κ2) is 5.05. The molecule has 0 spiro atoms. The van der Waals surface area contributed by atoms with Crippen LogP contribution in [0.3, 0.4) is 0 Å². The van der Waals surface area contributed by atoms with Crippen LogP contribution in [0.1, 0.15) is 0 Å². The van der Waals surface area contributed by atoms with Gasteiger partial charge in [-0.25, -0.2) is 4.79 Å². The third kappa shape index (κ3) is 2.98. The molecular formula is C11H11ClN4O2. The van der Waals surface area contributed by atoms with Crippen LogP contribution in [-0.2, 0) is 4.79 Å². The lowest BCUT2D eigenvalue weighted by atomic mass is 10.3. The van der Waals surface area contributed by atoms with E-state index < -0.39 is 6.03 Å². The quantitative estimate of drug-likeness (QED) is 0.804. The van der Waals surface area contributed by atoms with Crippen LogP contribution in [0.25, 0.3) is 0 Å². The molecule has 0 bridgehead atoms. The fourth-order valence-electron chi connectivity index (χ4n) is 1.44. The lowest BCUT2D eigenvalue weighted by molar-refractivity contribution is -0.118. The smallest absolute Gasteiger partial charge is 0.336 e. The number of benzene rings is 1. The molecule has 94 valence electrons. The lowest BCUT2D eigenvalue weighted by Gasteiger charge is -2.08. The molecule has 0 atom stereocenters. The highest BCUT2D eigenvalue weighted by atomic mass is 35.5. The van der Waals surface area contributed by atoms with Gasteiger partial charge < -0.3 is 10.2 Å². The lowest BCUT2D eigenvalue weighted by Crippen LogP contribution is -2.29. The Morgan fingerprint density at radius 2 is 2.11 bits per heavy atom. The van der Waals surface area contributed by atoms with E-state index in [2.05, 4.69) is 15.6 Å². The van der Waals surface area contributed by atoms with Crippen LogP contribution in [0.5, 0.6) is 0 Å². The number of carbonyl (C=O) groups excluding carboxylic acids is 2. The van der Waals surface area contributed by atoms with Crippen LogP contribution in [0.4, 0.5) is 10.5 Å². The van der Waals surface area contributed by atoms with Crippen LogP contribution in [0.15, 0.2) is 29.3 Å². The average molecular weight is 267 g/mol. The summed E-state index contributed by atoms with van der Waals surface area (Å²) in [6.07, 6.45) is 0. The molecule has 2 N–H and O–H groups in total. The molecule has 1 fully saturated rings. The fraction of sp³-hybridized carbons (Fsp3) is 0.182. The molecule has 0 aliphatic carbocycles. The third-order valence-corrected chi connectivity index (χ3v) is 2.55. The van der Waals surface area contributed by atoms with Crippen molar-refractivity contribution in [3.63, 3.8) is 0 Å². The van der Waals surface area contributed by atoms with E-state index in [-0.39, 0.29) is 18.4 Å². The maximum Gasteiger partial charge on any atom is 0.348 e. The van der Waals surface area contributed by atoms with Crippen molar-refractivity contribution in [2.45, 2.75) is 0 Å². The molecule has 1 aliphatic heterocycles. The standard InChI is InChI=1S/C11H11ClN4O2/c1-16-6-9(17)14-10(16)15-11(18)13-8-4-2-7(12)3-5-8/h2-5H,6H2,1H3,(H2,13,14,15,17,18). The summed E-state index contributed by atoms with van der Waals surface area (Å²) in [6.45, 7) is 0.201. The minimum absolute atomic E-state index is 0.185. The highest BCUT2D eigenvalue weighted by Gasteiger charge is 2.22. The molecule has 1 aromatic rings. The second-order valence-corrected chi connectivity index (χ2v) is 4.21. The Morgan fingerprint density at radius 3 is 2.67 bits per heavy atom. The highest BCUT2D eigenvalue weighted by molar-refractivity contribution is 6.30. The van der Waals surface area contributed by atoms with Gasteiger partial charge in [0, 0.05) is 17.8 Å². The van der Waals surface area contributed by atoms with Crippen LogP contribution in [-0.4, -0.2) is 36.4 Å². The summed E-state index contributed by atoms with van der Waals surface area (Å²) in [6, 6.07) is 6.09. The molecule has 0 saturated carbocycles. The summed E-state index contributed by atoms with van der Waals surface area (Å²) in [4.78, 5) is 28.0. The normalized spacial score (nSPS) is 16.9. The summed E-state index contributed by atoms with van der Waals surface area (Å²) in [5.41, 5.74) is 0.584. The summed E-state index contributed by atoms with van der Waals surface area (Å²) >= 11 is 5.73. The topological polar surface area (TPSA) is 73.8 Å². The minimum atomic E-state index is -0.554. The van der Waals surface area contributed by atoms with E-state index in [9.17, 15) is 9.59 Å². The number of guanidine groups is 1. The number of rotatable bonds is 1. The Labute approximate surface area is 109 Å². The Kier molecular flexibility index (Phi) is 3.47. The number of hydrogen-bond donors (Lipinski definition) is 2. The number of aliphatic imine (C=N–C) groups is 1. The molecule has 1 aromatic carbocycles. The van der Waals surface area contributed by atoms with E-state index in [1.807, 2.05) is 0 Å². The van der Waals surface area contributed by atoms with E-state index in [1.165, 1.54) is 0 Å². The molecule has 18 heavy (non-hydrogen) atoms. The van der Waals surface area contributed by atoms with E-state index in [0.29, 0.717) is 10.7 Å². The van der Waals surface area contributed by atoms with E-state index >= 15 is 0 Å². The largest absolute Gasteiger partial charge is 0.348 e. The maximum absolute atomic E-state index is 11.6.